The number of likely N-dealkylation sites (tertiary alicyclic amines) is 1. The Balaban J connectivity index is 1.72. The minimum atomic E-state index is -0.864. The van der Waals surface area contributed by atoms with Gasteiger partial charge in [-0.05, 0) is 37.8 Å². The molecule has 1 heterocycles. The molecule has 2 fully saturated rings. The summed E-state index contributed by atoms with van der Waals surface area (Å²) in [4.78, 5) is 27.0. The van der Waals surface area contributed by atoms with E-state index in [9.17, 15) is 9.59 Å². The molecule has 3 rings (SSSR count). The van der Waals surface area contributed by atoms with Gasteiger partial charge in [-0.25, -0.2) is 0 Å². The smallest absolute Gasteiger partial charge is 0.240 e. The Morgan fingerprint density at radius 3 is 2.30 bits per heavy atom. The highest BCUT2D eigenvalue weighted by atomic mass is 16.5. The monoisotopic (exact) mass is 318 g/mol. The predicted molar refractivity (Wildman–Crippen MR) is 85.7 cm³/mol. The molecule has 1 aromatic rings. The molecule has 0 unspecified atom stereocenters. The van der Waals surface area contributed by atoms with Crippen LogP contribution in [0.2, 0.25) is 0 Å². The predicted octanol–water partition coefficient (Wildman–Crippen LogP) is 2.04. The second-order valence-corrected chi connectivity index (χ2v) is 6.11. The number of ether oxygens (including phenoxy) is 2. The number of nitrogens with zero attached hydrogens (tertiary/aromatic N) is 1. The van der Waals surface area contributed by atoms with Crippen molar-refractivity contribution in [2.45, 2.75) is 25.7 Å². The molecule has 0 radical (unpaired) electrons. The second kappa shape index (κ2) is 6.10. The molecule has 1 N–H and O–H groups in total. The number of anilines is 1. The Morgan fingerprint density at radius 1 is 1.09 bits per heavy atom. The van der Waals surface area contributed by atoms with Crippen LogP contribution >= 0.6 is 0 Å². The van der Waals surface area contributed by atoms with Gasteiger partial charge in [0.05, 0.1) is 14.2 Å². The number of hydrogen-bond donors (Lipinski definition) is 1. The summed E-state index contributed by atoms with van der Waals surface area (Å²) >= 11 is 0. The fourth-order valence-electron chi connectivity index (χ4n) is 3.05. The summed E-state index contributed by atoms with van der Waals surface area (Å²) in [5.74, 6) is 0.899. The molecule has 1 saturated carbocycles. The summed E-state index contributed by atoms with van der Waals surface area (Å²) < 4.78 is 10.4. The van der Waals surface area contributed by atoms with E-state index in [1.807, 2.05) is 4.90 Å². The molecule has 2 aliphatic rings. The third kappa shape index (κ3) is 2.85. The third-order valence-electron chi connectivity index (χ3n) is 4.63. The van der Waals surface area contributed by atoms with Crippen molar-refractivity contribution in [2.24, 2.45) is 5.41 Å². The van der Waals surface area contributed by atoms with Crippen LogP contribution in [0.4, 0.5) is 5.69 Å². The van der Waals surface area contributed by atoms with Crippen molar-refractivity contribution < 1.29 is 19.1 Å². The van der Waals surface area contributed by atoms with E-state index < -0.39 is 5.41 Å². The first-order valence-corrected chi connectivity index (χ1v) is 7.93. The first-order valence-electron chi connectivity index (χ1n) is 7.93. The fourth-order valence-corrected chi connectivity index (χ4v) is 3.05. The van der Waals surface area contributed by atoms with Crippen LogP contribution in [0.3, 0.4) is 0 Å². The van der Waals surface area contributed by atoms with Crippen LogP contribution in [0.15, 0.2) is 18.2 Å². The molecular weight excluding hydrogens is 296 g/mol. The molecule has 0 atom stereocenters. The lowest BCUT2D eigenvalue weighted by Gasteiger charge is -2.22. The second-order valence-electron chi connectivity index (χ2n) is 6.11. The molecule has 0 bridgehead atoms. The van der Waals surface area contributed by atoms with E-state index in [-0.39, 0.29) is 11.8 Å². The van der Waals surface area contributed by atoms with Crippen LogP contribution in [0.1, 0.15) is 25.7 Å². The van der Waals surface area contributed by atoms with Gasteiger partial charge in [0.25, 0.3) is 0 Å². The Labute approximate surface area is 135 Å². The summed E-state index contributed by atoms with van der Waals surface area (Å²) in [7, 11) is 3.10. The molecule has 2 amide bonds. The SMILES string of the molecule is COc1ccc(NC(=O)C2(C(=O)N3CCCC3)CC2)cc1OC. The lowest BCUT2D eigenvalue weighted by molar-refractivity contribution is -0.141. The zero-order chi connectivity index (χ0) is 16.4. The Bertz CT molecular complexity index is 619. The molecule has 1 aliphatic carbocycles. The molecule has 6 nitrogen and oxygen atoms in total. The van der Waals surface area contributed by atoms with Crippen molar-refractivity contribution in [1.29, 1.82) is 0 Å². The van der Waals surface area contributed by atoms with Gasteiger partial charge >= 0.3 is 0 Å². The Kier molecular flexibility index (Phi) is 4.15. The zero-order valence-corrected chi connectivity index (χ0v) is 13.6. The summed E-state index contributed by atoms with van der Waals surface area (Å²) in [5, 5.41) is 2.85. The minimum Gasteiger partial charge on any atom is -0.493 e. The Hall–Kier alpha value is -2.24. The van der Waals surface area contributed by atoms with Crippen LogP contribution in [0, 0.1) is 5.41 Å². The van der Waals surface area contributed by atoms with Crippen LogP contribution in [-0.4, -0.2) is 44.0 Å². The van der Waals surface area contributed by atoms with Gasteiger partial charge in [-0.2, -0.15) is 0 Å². The van der Waals surface area contributed by atoms with Gasteiger partial charge in [-0.15, -0.1) is 0 Å². The van der Waals surface area contributed by atoms with Crippen LogP contribution in [0.25, 0.3) is 0 Å². The molecule has 0 aromatic heterocycles. The molecule has 23 heavy (non-hydrogen) atoms. The molecule has 124 valence electrons. The average Bonchev–Trinajstić information content (AvgIpc) is 3.21. The normalized spacial score (nSPS) is 18.4. The highest BCUT2D eigenvalue weighted by Gasteiger charge is 2.58. The number of rotatable bonds is 5. The number of nitrogens with one attached hydrogen (secondary N) is 1. The lowest BCUT2D eigenvalue weighted by atomic mass is 10.0. The molecule has 1 aliphatic heterocycles. The van der Waals surface area contributed by atoms with Crippen LogP contribution in [0.5, 0.6) is 11.5 Å². The number of benzene rings is 1. The van der Waals surface area contributed by atoms with Crippen LogP contribution in [-0.2, 0) is 9.59 Å². The number of hydrogen-bond acceptors (Lipinski definition) is 4. The first-order chi connectivity index (χ1) is 11.1. The standard InChI is InChI=1S/C17H22N2O4/c1-22-13-6-5-12(11-14(13)23-2)18-15(20)17(7-8-17)16(21)19-9-3-4-10-19/h5-6,11H,3-4,7-10H2,1-2H3,(H,18,20). The largest absolute Gasteiger partial charge is 0.493 e. The van der Waals surface area contributed by atoms with Gasteiger partial charge in [-0.1, -0.05) is 0 Å². The minimum absolute atomic E-state index is 0.0204. The molecular formula is C17H22N2O4. The maximum absolute atomic E-state index is 12.6. The summed E-state index contributed by atoms with van der Waals surface area (Å²) in [6.07, 6.45) is 3.31. The first kappa shape index (κ1) is 15.6. The molecule has 0 spiro atoms. The molecule has 1 saturated heterocycles. The van der Waals surface area contributed by atoms with Crippen molar-refractivity contribution in [1.82, 2.24) is 4.90 Å². The summed E-state index contributed by atoms with van der Waals surface area (Å²) in [6.45, 7) is 1.54. The van der Waals surface area contributed by atoms with E-state index in [1.54, 1.807) is 32.4 Å². The highest BCUT2D eigenvalue weighted by molar-refractivity contribution is 6.13. The molecule has 6 heteroatoms. The molecule has 1 aromatic carbocycles. The highest BCUT2D eigenvalue weighted by Crippen LogP contribution is 2.48. The van der Waals surface area contributed by atoms with Crippen molar-refractivity contribution in [2.75, 3.05) is 32.6 Å². The van der Waals surface area contributed by atoms with Crippen LogP contribution < -0.4 is 14.8 Å². The maximum Gasteiger partial charge on any atom is 0.240 e. The summed E-state index contributed by atoms with van der Waals surface area (Å²) in [6, 6.07) is 5.18. The Morgan fingerprint density at radius 2 is 1.74 bits per heavy atom. The quantitative estimate of drug-likeness (QED) is 0.844. The van der Waals surface area contributed by atoms with Gasteiger partial charge in [0.1, 0.15) is 5.41 Å². The van der Waals surface area contributed by atoms with E-state index in [4.69, 9.17) is 9.47 Å². The van der Waals surface area contributed by atoms with Gasteiger partial charge in [-0.3, -0.25) is 9.59 Å². The topological polar surface area (TPSA) is 67.9 Å². The average molecular weight is 318 g/mol. The number of amides is 2. The maximum atomic E-state index is 12.6. The van der Waals surface area contributed by atoms with Crippen molar-refractivity contribution in [3.63, 3.8) is 0 Å². The van der Waals surface area contributed by atoms with Gasteiger partial charge in [0.15, 0.2) is 11.5 Å². The fraction of sp³-hybridized carbons (Fsp3) is 0.529. The van der Waals surface area contributed by atoms with E-state index in [0.717, 1.165) is 25.9 Å². The van der Waals surface area contributed by atoms with Crippen molar-refractivity contribution >= 4 is 17.5 Å². The summed E-state index contributed by atoms with van der Waals surface area (Å²) in [5.41, 5.74) is -0.259. The van der Waals surface area contributed by atoms with E-state index in [0.29, 0.717) is 30.0 Å². The van der Waals surface area contributed by atoms with Gasteiger partial charge in [0, 0.05) is 24.8 Å². The number of carbonyl (C=O) groups excluding carboxylic acids is 2. The van der Waals surface area contributed by atoms with Gasteiger partial charge < -0.3 is 19.7 Å². The van der Waals surface area contributed by atoms with E-state index >= 15 is 0 Å². The van der Waals surface area contributed by atoms with Crippen molar-refractivity contribution in [3.05, 3.63) is 18.2 Å². The third-order valence-corrected chi connectivity index (χ3v) is 4.63. The van der Waals surface area contributed by atoms with E-state index in [2.05, 4.69) is 5.32 Å². The van der Waals surface area contributed by atoms with Crippen molar-refractivity contribution in [3.8, 4) is 11.5 Å². The van der Waals surface area contributed by atoms with Gasteiger partial charge in [0.2, 0.25) is 11.8 Å². The number of carbonyl (C=O) groups is 2. The number of methoxy groups -OCH3 is 2. The lowest BCUT2D eigenvalue weighted by Crippen LogP contribution is -2.41. The van der Waals surface area contributed by atoms with E-state index in [1.165, 1.54) is 0 Å². The zero-order valence-electron chi connectivity index (χ0n) is 13.6.